The lowest BCUT2D eigenvalue weighted by Crippen LogP contribution is -2.54. The highest BCUT2D eigenvalue weighted by Gasteiger charge is 2.33. The van der Waals surface area contributed by atoms with Gasteiger partial charge in [-0.15, -0.1) is 0 Å². The van der Waals surface area contributed by atoms with Crippen LogP contribution < -0.4 is 5.32 Å². The smallest absolute Gasteiger partial charge is 0.217 e. The van der Waals surface area contributed by atoms with Crippen molar-refractivity contribution in [2.24, 2.45) is 5.92 Å². The highest BCUT2D eigenvalue weighted by Crippen LogP contribution is 2.17. The molecule has 0 heterocycles. The number of nitrogens with one attached hydrogen (secondary N) is 1. The van der Waals surface area contributed by atoms with Crippen LogP contribution in [-0.4, -0.2) is 21.6 Å². The molecule has 0 aromatic rings. The largest absolute Gasteiger partial charge is 0.500 e. The molecule has 1 amide bonds. The van der Waals surface area contributed by atoms with Crippen molar-refractivity contribution in [3.63, 3.8) is 0 Å². The quantitative estimate of drug-likeness (QED) is 0.660. The first-order valence-corrected chi connectivity index (χ1v) is 4.23. The van der Waals surface area contributed by atoms with E-state index in [-0.39, 0.29) is 16.9 Å². The predicted octanol–water partition coefficient (Wildman–Crippen LogP) is 1.42. The lowest BCUT2D eigenvalue weighted by molar-refractivity contribution is -0.120. The number of hydrogen-bond acceptors (Lipinski definition) is 2. The lowest BCUT2D eigenvalue weighted by Gasteiger charge is -2.31. The molecule has 4 heteroatoms. The van der Waals surface area contributed by atoms with Crippen LogP contribution >= 0.6 is 12.2 Å². The predicted molar refractivity (Wildman–Crippen MR) is 52.3 cm³/mol. The highest BCUT2D eigenvalue weighted by molar-refractivity contribution is 7.80. The molecule has 0 aromatic carbocycles. The van der Waals surface area contributed by atoms with Gasteiger partial charge in [0.05, 0.1) is 0 Å². The first-order chi connectivity index (χ1) is 5.30. The summed E-state index contributed by atoms with van der Waals surface area (Å²) in [5.74, 6) is -0.124. The maximum Gasteiger partial charge on any atom is 0.217 e. The van der Waals surface area contributed by atoms with Crippen LogP contribution in [0.25, 0.3) is 0 Å². The summed E-state index contributed by atoms with van der Waals surface area (Å²) in [4.78, 5) is 10.8. The monoisotopic (exact) mass is 189 g/mol. The van der Waals surface area contributed by atoms with Crippen molar-refractivity contribution in [1.29, 1.82) is 0 Å². The topological polar surface area (TPSA) is 49.3 Å². The first-order valence-electron chi connectivity index (χ1n) is 3.83. The Morgan fingerprint density at radius 3 is 2.08 bits per heavy atom. The van der Waals surface area contributed by atoms with Crippen LogP contribution in [0.1, 0.15) is 27.7 Å². The number of carbonyl (C=O) groups excluding carboxylic acids is 1. The minimum absolute atomic E-state index is 0.0684. The van der Waals surface area contributed by atoms with Crippen molar-refractivity contribution < 1.29 is 9.90 Å². The Morgan fingerprint density at radius 1 is 1.58 bits per heavy atom. The molecule has 3 nitrogen and oxygen atoms in total. The van der Waals surface area contributed by atoms with Crippen molar-refractivity contribution in [3.8, 4) is 0 Å². The second kappa shape index (κ2) is 3.85. The number of aliphatic hydroxyl groups is 1. The molecule has 0 spiro atoms. The third-order valence-electron chi connectivity index (χ3n) is 2.03. The molecule has 0 bridgehead atoms. The van der Waals surface area contributed by atoms with Crippen LogP contribution in [0, 0.1) is 5.92 Å². The van der Waals surface area contributed by atoms with E-state index in [1.807, 2.05) is 13.8 Å². The molecule has 0 unspecified atom stereocenters. The van der Waals surface area contributed by atoms with Crippen LogP contribution in [0.15, 0.2) is 0 Å². The molecule has 12 heavy (non-hydrogen) atoms. The average Bonchev–Trinajstić information content (AvgIpc) is 1.84. The van der Waals surface area contributed by atoms with E-state index >= 15 is 0 Å². The van der Waals surface area contributed by atoms with Gasteiger partial charge in [0.15, 0.2) is 5.05 Å². The van der Waals surface area contributed by atoms with Crippen molar-refractivity contribution in [2.45, 2.75) is 33.2 Å². The highest BCUT2D eigenvalue weighted by atomic mass is 32.1. The summed E-state index contributed by atoms with van der Waals surface area (Å²) in [7, 11) is 0. The number of thiocarbonyl (C=S) groups is 1. The van der Waals surface area contributed by atoms with Crippen molar-refractivity contribution in [1.82, 2.24) is 5.32 Å². The summed E-state index contributed by atoms with van der Waals surface area (Å²) in [6.07, 6.45) is 0. The van der Waals surface area contributed by atoms with Crippen LogP contribution in [0.2, 0.25) is 0 Å². The van der Waals surface area contributed by atoms with Crippen LogP contribution in [-0.2, 0) is 4.79 Å². The van der Waals surface area contributed by atoms with Crippen LogP contribution in [0.4, 0.5) is 0 Å². The van der Waals surface area contributed by atoms with E-state index in [1.54, 1.807) is 6.92 Å². The molecule has 70 valence electrons. The molecule has 0 radical (unpaired) electrons. The number of hydrogen-bond donors (Lipinski definition) is 2. The van der Waals surface area contributed by atoms with E-state index < -0.39 is 5.54 Å². The SMILES string of the molecule is CC(=O)N[C@](C)(C(O)=S)C(C)C. The molecule has 0 aliphatic heterocycles. The van der Waals surface area contributed by atoms with E-state index in [9.17, 15) is 9.90 Å². The average molecular weight is 189 g/mol. The van der Waals surface area contributed by atoms with E-state index in [2.05, 4.69) is 17.5 Å². The summed E-state index contributed by atoms with van der Waals surface area (Å²) < 4.78 is 0. The van der Waals surface area contributed by atoms with Crippen molar-refractivity contribution >= 4 is 23.2 Å². The zero-order valence-electron chi connectivity index (χ0n) is 7.84. The molecule has 0 saturated carbocycles. The van der Waals surface area contributed by atoms with Gasteiger partial charge < -0.3 is 10.4 Å². The van der Waals surface area contributed by atoms with Gasteiger partial charge in [-0.2, -0.15) is 0 Å². The molecule has 0 fully saturated rings. The molecule has 0 rings (SSSR count). The van der Waals surface area contributed by atoms with Crippen molar-refractivity contribution in [3.05, 3.63) is 0 Å². The van der Waals surface area contributed by atoms with Gasteiger partial charge in [-0.3, -0.25) is 4.79 Å². The van der Waals surface area contributed by atoms with Gasteiger partial charge in [0.2, 0.25) is 5.91 Å². The summed E-state index contributed by atoms with van der Waals surface area (Å²) >= 11 is 4.67. The minimum Gasteiger partial charge on any atom is -0.500 e. The molecule has 1 atom stereocenters. The van der Waals surface area contributed by atoms with Gasteiger partial charge >= 0.3 is 0 Å². The second-order valence-corrected chi connectivity index (χ2v) is 3.73. The summed E-state index contributed by atoms with van der Waals surface area (Å²) in [5.41, 5.74) is -0.791. The van der Waals surface area contributed by atoms with Gasteiger partial charge in [-0.1, -0.05) is 13.8 Å². The van der Waals surface area contributed by atoms with Crippen LogP contribution in [0.5, 0.6) is 0 Å². The van der Waals surface area contributed by atoms with Gasteiger partial charge in [0, 0.05) is 6.92 Å². The standard InChI is InChI=1S/C8H15NO2S/c1-5(2)8(4,7(11)12)9-6(3)10/h5H,1-4H3,(H,9,10)(H,11,12)/t8-/m0/s1. The van der Waals surface area contributed by atoms with E-state index in [4.69, 9.17) is 0 Å². The fraction of sp³-hybridized carbons (Fsp3) is 0.750. The minimum atomic E-state index is -0.791. The van der Waals surface area contributed by atoms with Crippen molar-refractivity contribution in [2.75, 3.05) is 0 Å². The van der Waals surface area contributed by atoms with Gasteiger partial charge in [0.1, 0.15) is 5.54 Å². The maximum absolute atomic E-state index is 10.8. The Kier molecular flexibility index (Phi) is 3.64. The number of carbonyl (C=O) groups is 1. The van der Waals surface area contributed by atoms with Gasteiger partial charge in [-0.05, 0) is 25.1 Å². The summed E-state index contributed by atoms with van der Waals surface area (Å²) in [5, 5.41) is 11.7. The number of aliphatic hydroxyl groups excluding tert-OH is 1. The number of rotatable bonds is 3. The Hall–Kier alpha value is -0.640. The fourth-order valence-electron chi connectivity index (χ4n) is 0.810. The maximum atomic E-state index is 10.8. The molecular weight excluding hydrogens is 174 g/mol. The Bertz CT molecular complexity index is 203. The molecule has 0 aromatic heterocycles. The van der Waals surface area contributed by atoms with E-state index in [0.29, 0.717) is 0 Å². The lowest BCUT2D eigenvalue weighted by atomic mass is 9.89. The Labute approximate surface area is 78.2 Å². The van der Waals surface area contributed by atoms with Crippen LogP contribution in [0.3, 0.4) is 0 Å². The molecular formula is C8H15NO2S. The van der Waals surface area contributed by atoms with E-state index in [0.717, 1.165) is 0 Å². The molecule has 0 saturated heterocycles. The fourth-order valence-corrected chi connectivity index (χ4v) is 1.10. The normalized spacial score (nSPS) is 15.4. The molecule has 0 aliphatic carbocycles. The Morgan fingerprint density at radius 2 is 2.00 bits per heavy atom. The third-order valence-corrected chi connectivity index (χ3v) is 2.46. The second-order valence-electron chi connectivity index (χ2n) is 3.34. The molecule has 0 aliphatic rings. The summed E-state index contributed by atoms with van der Waals surface area (Å²) in [6, 6.07) is 0. The number of amides is 1. The summed E-state index contributed by atoms with van der Waals surface area (Å²) in [6.45, 7) is 6.89. The zero-order valence-corrected chi connectivity index (χ0v) is 8.66. The van der Waals surface area contributed by atoms with Gasteiger partial charge in [0.25, 0.3) is 0 Å². The zero-order chi connectivity index (χ0) is 9.94. The molecule has 2 N–H and O–H groups in total. The van der Waals surface area contributed by atoms with E-state index in [1.165, 1.54) is 6.92 Å². The van der Waals surface area contributed by atoms with Gasteiger partial charge in [-0.25, -0.2) is 0 Å². The third kappa shape index (κ3) is 2.44. The first kappa shape index (κ1) is 11.4. The Balaban J connectivity index is 4.62.